The first-order valence-corrected chi connectivity index (χ1v) is 7.07. The molecule has 0 saturated heterocycles. The molecule has 0 bridgehead atoms. The molecule has 2 aromatic rings. The summed E-state index contributed by atoms with van der Waals surface area (Å²) < 4.78 is 16.7. The number of Topliss-reactive ketones (excluding diaryl/α,β-unsaturated/α-hetero) is 1. The zero-order chi connectivity index (χ0) is 13.6. The maximum atomic E-state index is 14.1. The van der Waals surface area contributed by atoms with Crippen molar-refractivity contribution in [3.05, 3.63) is 51.5 Å². The predicted molar refractivity (Wildman–Crippen MR) is 75.4 cm³/mol. The fourth-order valence-corrected chi connectivity index (χ4v) is 3.07. The summed E-state index contributed by atoms with van der Waals surface area (Å²) in [5.41, 5.74) is 3.09. The fourth-order valence-electron chi connectivity index (χ4n) is 2.72. The molecular weight excluding hydrogens is 309 g/mol. The molecule has 1 aliphatic rings. The molecule has 98 valence electrons. The number of fused-ring (bicyclic) bond motifs is 1. The van der Waals surface area contributed by atoms with Crippen LogP contribution in [0.2, 0.25) is 0 Å². The van der Waals surface area contributed by atoms with E-state index in [0.29, 0.717) is 12.1 Å². The van der Waals surface area contributed by atoms with Gasteiger partial charge in [0.25, 0.3) is 0 Å². The van der Waals surface area contributed by atoms with Crippen LogP contribution in [0.15, 0.2) is 28.7 Å². The molecular formula is C15H13BrFNO. The van der Waals surface area contributed by atoms with Crippen molar-refractivity contribution in [1.29, 1.82) is 0 Å². The second-order valence-electron chi connectivity index (χ2n) is 4.85. The van der Waals surface area contributed by atoms with Gasteiger partial charge in [-0.1, -0.05) is 15.9 Å². The number of aromatic nitrogens is 1. The number of halogens is 2. The van der Waals surface area contributed by atoms with Gasteiger partial charge < -0.3 is 4.57 Å². The van der Waals surface area contributed by atoms with Crippen LogP contribution in [0.1, 0.15) is 34.6 Å². The van der Waals surface area contributed by atoms with Gasteiger partial charge in [-0.3, -0.25) is 4.79 Å². The number of rotatable bonds is 1. The number of nitrogens with zero attached hydrogens (tertiary/aromatic N) is 1. The van der Waals surface area contributed by atoms with Gasteiger partial charge in [0.1, 0.15) is 5.82 Å². The molecule has 0 saturated carbocycles. The van der Waals surface area contributed by atoms with E-state index in [1.165, 1.54) is 6.07 Å². The molecule has 4 heteroatoms. The van der Waals surface area contributed by atoms with E-state index in [2.05, 4.69) is 15.9 Å². The number of aryl methyl sites for hydroxylation is 1. The summed E-state index contributed by atoms with van der Waals surface area (Å²) in [6, 6.07) is 6.74. The third-order valence-corrected chi connectivity index (χ3v) is 4.05. The van der Waals surface area contributed by atoms with E-state index >= 15 is 0 Å². The fraction of sp³-hybridized carbons (Fsp3) is 0.267. The van der Waals surface area contributed by atoms with Gasteiger partial charge in [-0.15, -0.1) is 0 Å². The molecule has 0 radical (unpaired) electrons. The maximum Gasteiger partial charge on any atom is 0.164 e. The first-order valence-electron chi connectivity index (χ1n) is 6.28. The summed E-state index contributed by atoms with van der Waals surface area (Å²) in [5, 5.41) is 0. The molecule has 0 atom stereocenters. The van der Waals surface area contributed by atoms with E-state index in [9.17, 15) is 9.18 Å². The lowest BCUT2D eigenvalue weighted by molar-refractivity contribution is 0.0972. The molecule has 1 aliphatic carbocycles. The maximum absolute atomic E-state index is 14.1. The lowest BCUT2D eigenvalue weighted by Gasteiger charge is -2.16. The zero-order valence-electron chi connectivity index (χ0n) is 10.5. The van der Waals surface area contributed by atoms with Gasteiger partial charge in [0.05, 0.1) is 5.69 Å². The lowest BCUT2D eigenvalue weighted by Crippen LogP contribution is -2.13. The Kier molecular flexibility index (Phi) is 3.05. The molecule has 1 aromatic carbocycles. The second-order valence-corrected chi connectivity index (χ2v) is 5.77. The van der Waals surface area contributed by atoms with Crippen molar-refractivity contribution < 1.29 is 9.18 Å². The largest absolute Gasteiger partial charge is 0.315 e. The molecule has 0 amide bonds. The summed E-state index contributed by atoms with van der Waals surface area (Å²) in [6.07, 6.45) is 2.25. The zero-order valence-corrected chi connectivity index (χ0v) is 12.1. The predicted octanol–water partition coefficient (Wildman–Crippen LogP) is 4.21. The van der Waals surface area contributed by atoms with E-state index in [1.807, 2.05) is 17.6 Å². The minimum absolute atomic E-state index is 0.165. The van der Waals surface area contributed by atoms with Crippen molar-refractivity contribution in [2.75, 3.05) is 0 Å². The Morgan fingerprint density at radius 3 is 2.84 bits per heavy atom. The van der Waals surface area contributed by atoms with Gasteiger partial charge in [-0.05, 0) is 44.0 Å². The highest BCUT2D eigenvalue weighted by molar-refractivity contribution is 9.10. The highest BCUT2D eigenvalue weighted by atomic mass is 79.9. The van der Waals surface area contributed by atoms with Gasteiger partial charge in [0, 0.05) is 27.8 Å². The average molecular weight is 322 g/mol. The molecule has 2 nitrogen and oxygen atoms in total. The Bertz CT molecular complexity index is 675. The summed E-state index contributed by atoms with van der Waals surface area (Å²) in [7, 11) is 0. The van der Waals surface area contributed by atoms with Crippen molar-refractivity contribution in [3.63, 3.8) is 0 Å². The van der Waals surface area contributed by atoms with Crippen molar-refractivity contribution in [3.8, 4) is 5.69 Å². The Labute approximate surface area is 119 Å². The summed E-state index contributed by atoms with van der Waals surface area (Å²) in [5.74, 6) is -0.110. The van der Waals surface area contributed by atoms with E-state index < -0.39 is 0 Å². The summed E-state index contributed by atoms with van der Waals surface area (Å²) in [6.45, 7) is 1.91. The SMILES string of the molecule is Cc1cc2c(n1-c1cc(Br)ccc1F)CCCC2=O. The normalized spacial score (nSPS) is 14.6. The molecule has 1 aromatic heterocycles. The molecule has 0 unspecified atom stereocenters. The van der Waals surface area contributed by atoms with Crippen molar-refractivity contribution in [2.45, 2.75) is 26.2 Å². The first-order chi connectivity index (χ1) is 9.08. The quantitative estimate of drug-likeness (QED) is 0.771. The number of carbonyl (C=O) groups is 1. The smallest absolute Gasteiger partial charge is 0.164 e. The van der Waals surface area contributed by atoms with E-state index in [1.54, 1.807) is 12.1 Å². The van der Waals surface area contributed by atoms with Gasteiger partial charge >= 0.3 is 0 Å². The highest BCUT2D eigenvalue weighted by Gasteiger charge is 2.24. The van der Waals surface area contributed by atoms with Crippen LogP contribution in [0.3, 0.4) is 0 Å². The second kappa shape index (κ2) is 4.60. The third kappa shape index (κ3) is 2.04. The Morgan fingerprint density at radius 1 is 1.26 bits per heavy atom. The molecule has 1 heterocycles. The molecule has 0 spiro atoms. The molecule has 0 N–H and O–H groups in total. The van der Waals surface area contributed by atoms with Crippen LogP contribution in [-0.4, -0.2) is 10.4 Å². The molecule has 3 rings (SSSR count). The standard InChI is InChI=1S/C15H13BrFNO/c1-9-7-11-13(3-2-4-15(11)19)18(9)14-8-10(16)5-6-12(14)17/h5-8H,2-4H2,1H3. The van der Waals surface area contributed by atoms with E-state index in [4.69, 9.17) is 0 Å². The van der Waals surface area contributed by atoms with E-state index in [0.717, 1.165) is 34.3 Å². The van der Waals surface area contributed by atoms with Crippen LogP contribution in [0.25, 0.3) is 5.69 Å². The van der Waals surface area contributed by atoms with Crippen LogP contribution < -0.4 is 0 Å². The number of hydrogen-bond donors (Lipinski definition) is 0. The van der Waals surface area contributed by atoms with Crippen molar-refractivity contribution >= 4 is 21.7 Å². The van der Waals surface area contributed by atoms with Crippen molar-refractivity contribution in [1.82, 2.24) is 4.57 Å². The first kappa shape index (κ1) is 12.6. The Morgan fingerprint density at radius 2 is 2.05 bits per heavy atom. The molecule has 19 heavy (non-hydrogen) atoms. The Balaban J connectivity index is 2.26. The highest BCUT2D eigenvalue weighted by Crippen LogP contribution is 2.30. The number of hydrogen-bond acceptors (Lipinski definition) is 1. The van der Waals surface area contributed by atoms with Gasteiger partial charge in [0.2, 0.25) is 0 Å². The van der Waals surface area contributed by atoms with Crippen LogP contribution in [0, 0.1) is 12.7 Å². The topological polar surface area (TPSA) is 22.0 Å². The van der Waals surface area contributed by atoms with Crippen LogP contribution >= 0.6 is 15.9 Å². The molecule has 0 aliphatic heterocycles. The minimum atomic E-state index is -0.275. The summed E-state index contributed by atoms with van der Waals surface area (Å²) in [4.78, 5) is 11.9. The van der Waals surface area contributed by atoms with Gasteiger partial charge in [-0.2, -0.15) is 0 Å². The lowest BCUT2D eigenvalue weighted by atomic mass is 9.96. The van der Waals surface area contributed by atoms with Gasteiger partial charge in [-0.25, -0.2) is 4.39 Å². The number of benzene rings is 1. The number of ketones is 1. The summed E-state index contributed by atoms with van der Waals surface area (Å²) >= 11 is 3.37. The molecule has 0 fully saturated rings. The monoisotopic (exact) mass is 321 g/mol. The van der Waals surface area contributed by atoms with Crippen LogP contribution in [0.4, 0.5) is 4.39 Å². The van der Waals surface area contributed by atoms with E-state index in [-0.39, 0.29) is 11.6 Å². The van der Waals surface area contributed by atoms with Crippen molar-refractivity contribution in [2.24, 2.45) is 0 Å². The minimum Gasteiger partial charge on any atom is -0.315 e. The Hall–Kier alpha value is -1.42. The van der Waals surface area contributed by atoms with Crippen LogP contribution in [-0.2, 0) is 6.42 Å². The number of carbonyl (C=O) groups excluding carboxylic acids is 1. The third-order valence-electron chi connectivity index (χ3n) is 3.55. The van der Waals surface area contributed by atoms with Crippen LogP contribution in [0.5, 0.6) is 0 Å². The van der Waals surface area contributed by atoms with Gasteiger partial charge in [0.15, 0.2) is 5.78 Å². The average Bonchev–Trinajstić information content (AvgIpc) is 2.70.